The van der Waals surface area contributed by atoms with Gasteiger partial charge in [0.15, 0.2) is 5.96 Å². The third-order valence-corrected chi connectivity index (χ3v) is 3.80. The fourth-order valence-electron chi connectivity index (χ4n) is 2.60. The predicted octanol–water partition coefficient (Wildman–Crippen LogP) is 2.88. The lowest BCUT2D eigenvalue weighted by Gasteiger charge is -2.27. The zero-order chi connectivity index (χ0) is 14.8. The highest BCUT2D eigenvalue weighted by atomic mass is 16.5. The van der Waals surface area contributed by atoms with E-state index in [4.69, 9.17) is 10.5 Å². The Kier molecular flexibility index (Phi) is 3.52. The molecule has 0 spiro atoms. The maximum Gasteiger partial charge on any atom is 0.196 e. The first kappa shape index (κ1) is 13.5. The molecule has 0 radical (unpaired) electrons. The molecule has 1 aliphatic rings. The van der Waals surface area contributed by atoms with Gasteiger partial charge in [-0.25, -0.2) is 0 Å². The molecule has 108 valence electrons. The molecule has 1 aliphatic heterocycles. The van der Waals surface area contributed by atoms with Crippen LogP contribution in [0.1, 0.15) is 17.2 Å². The fourth-order valence-corrected chi connectivity index (χ4v) is 2.60. The van der Waals surface area contributed by atoms with Gasteiger partial charge in [-0.2, -0.15) is 0 Å². The van der Waals surface area contributed by atoms with Crippen LogP contribution in [0.25, 0.3) is 0 Å². The number of ether oxygens (including phenoxy) is 1. The summed E-state index contributed by atoms with van der Waals surface area (Å²) in [6.45, 7) is 2.75. The average molecular weight is 281 g/mol. The van der Waals surface area contributed by atoms with Crippen LogP contribution in [-0.4, -0.2) is 19.6 Å². The summed E-state index contributed by atoms with van der Waals surface area (Å²) in [5.74, 6) is 1.42. The number of benzene rings is 2. The smallest absolute Gasteiger partial charge is 0.196 e. The number of nitrogens with two attached hydrogens (primary N) is 1. The number of guanidine groups is 1. The molecule has 2 aromatic carbocycles. The Bertz CT molecular complexity index is 647. The Balaban J connectivity index is 1.92. The molecule has 1 unspecified atom stereocenters. The summed E-state index contributed by atoms with van der Waals surface area (Å²) < 4.78 is 5.21. The second kappa shape index (κ2) is 5.48. The minimum absolute atomic E-state index is 0.138. The van der Waals surface area contributed by atoms with Gasteiger partial charge in [0.05, 0.1) is 19.7 Å². The number of hydrogen-bond acceptors (Lipinski definition) is 4. The molecule has 1 atom stereocenters. The van der Waals surface area contributed by atoms with E-state index in [1.54, 1.807) is 7.11 Å². The molecule has 2 aromatic rings. The standard InChI is InChI=1S/C17H19N3O/c1-12-3-7-14(8-4-12)20-16(11-19-17(20)18)13-5-9-15(21-2)10-6-13/h3-10,16H,11H2,1-2H3,(H2,18,19). The molecule has 1 heterocycles. The number of aliphatic imine (C=N–C) groups is 1. The molecule has 21 heavy (non-hydrogen) atoms. The lowest BCUT2D eigenvalue weighted by Crippen LogP contribution is -2.36. The van der Waals surface area contributed by atoms with Gasteiger partial charge >= 0.3 is 0 Å². The molecule has 4 nitrogen and oxygen atoms in total. The molecule has 0 saturated carbocycles. The summed E-state index contributed by atoms with van der Waals surface area (Å²) in [6.07, 6.45) is 0. The minimum atomic E-state index is 0.138. The van der Waals surface area contributed by atoms with Gasteiger partial charge in [-0.05, 0) is 36.8 Å². The van der Waals surface area contributed by atoms with Crippen molar-refractivity contribution in [2.75, 3.05) is 18.6 Å². The van der Waals surface area contributed by atoms with Crippen molar-refractivity contribution in [3.05, 3.63) is 59.7 Å². The van der Waals surface area contributed by atoms with E-state index in [1.165, 1.54) is 11.1 Å². The van der Waals surface area contributed by atoms with Crippen LogP contribution < -0.4 is 15.4 Å². The summed E-state index contributed by atoms with van der Waals surface area (Å²) >= 11 is 0. The number of rotatable bonds is 3. The van der Waals surface area contributed by atoms with Crippen molar-refractivity contribution in [3.8, 4) is 5.75 Å². The van der Waals surface area contributed by atoms with Gasteiger partial charge in [0.25, 0.3) is 0 Å². The number of aryl methyl sites for hydroxylation is 1. The van der Waals surface area contributed by atoms with Crippen LogP contribution in [0.3, 0.4) is 0 Å². The van der Waals surface area contributed by atoms with Crippen LogP contribution in [0.2, 0.25) is 0 Å². The number of nitrogens with zero attached hydrogens (tertiary/aromatic N) is 2. The van der Waals surface area contributed by atoms with Crippen molar-refractivity contribution in [1.29, 1.82) is 0 Å². The molecular weight excluding hydrogens is 262 g/mol. The number of methoxy groups -OCH3 is 1. The monoisotopic (exact) mass is 281 g/mol. The third-order valence-electron chi connectivity index (χ3n) is 3.80. The first-order valence-corrected chi connectivity index (χ1v) is 6.99. The van der Waals surface area contributed by atoms with Crippen molar-refractivity contribution in [2.45, 2.75) is 13.0 Å². The van der Waals surface area contributed by atoms with Crippen molar-refractivity contribution >= 4 is 11.6 Å². The Morgan fingerprint density at radius 3 is 2.38 bits per heavy atom. The van der Waals surface area contributed by atoms with E-state index in [-0.39, 0.29) is 6.04 Å². The van der Waals surface area contributed by atoms with E-state index in [2.05, 4.69) is 53.2 Å². The van der Waals surface area contributed by atoms with E-state index in [0.29, 0.717) is 12.5 Å². The van der Waals surface area contributed by atoms with Crippen LogP contribution in [0.5, 0.6) is 5.75 Å². The Labute approximate surface area is 124 Å². The fraction of sp³-hybridized carbons (Fsp3) is 0.235. The van der Waals surface area contributed by atoms with Gasteiger partial charge in [0.1, 0.15) is 5.75 Å². The molecule has 0 fully saturated rings. The zero-order valence-electron chi connectivity index (χ0n) is 12.3. The molecule has 0 saturated heterocycles. The number of anilines is 1. The van der Waals surface area contributed by atoms with E-state index in [0.717, 1.165) is 11.4 Å². The molecule has 3 rings (SSSR count). The molecular formula is C17H19N3O. The van der Waals surface area contributed by atoms with E-state index in [1.807, 2.05) is 12.1 Å². The lowest BCUT2D eigenvalue weighted by atomic mass is 10.1. The van der Waals surface area contributed by atoms with Crippen LogP contribution in [0.15, 0.2) is 53.5 Å². The normalized spacial score (nSPS) is 17.7. The van der Waals surface area contributed by atoms with Crippen LogP contribution in [-0.2, 0) is 0 Å². The van der Waals surface area contributed by atoms with Crippen molar-refractivity contribution in [2.24, 2.45) is 10.7 Å². The Morgan fingerprint density at radius 1 is 1.10 bits per heavy atom. The van der Waals surface area contributed by atoms with E-state index < -0.39 is 0 Å². The molecule has 0 bridgehead atoms. The average Bonchev–Trinajstić information content (AvgIpc) is 2.90. The molecule has 2 N–H and O–H groups in total. The maximum absolute atomic E-state index is 6.08. The van der Waals surface area contributed by atoms with Gasteiger partial charge in [-0.15, -0.1) is 0 Å². The van der Waals surface area contributed by atoms with Crippen molar-refractivity contribution < 1.29 is 4.74 Å². The highest BCUT2D eigenvalue weighted by Gasteiger charge is 2.28. The summed E-state index contributed by atoms with van der Waals surface area (Å²) in [5, 5.41) is 0. The van der Waals surface area contributed by atoms with Crippen LogP contribution in [0.4, 0.5) is 5.69 Å². The second-order valence-electron chi connectivity index (χ2n) is 5.19. The number of hydrogen-bond donors (Lipinski definition) is 1. The summed E-state index contributed by atoms with van der Waals surface area (Å²) in [5.41, 5.74) is 9.57. The first-order chi connectivity index (χ1) is 10.2. The summed E-state index contributed by atoms with van der Waals surface area (Å²) in [7, 11) is 1.67. The molecule has 4 heteroatoms. The van der Waals surface area contributed by atoms with Gasteiger partial charge in [-0.3, -0.25) is 4.99 Å². The SMILES string of the molecule is COc1ccc(C2CN=C(N)N2c2ccc(C)cc2)cc1. The van der Waals surface area contributed by atoms with Crippen molar-refractivity contribution in [3.63, 3.8) is 0 Å². The Morgan fingerprint density at radius 2 is 1.76 bits per heavy atom. The molecule has 0 amide bonds. The van der Waals surface area contributed by atoms with E-state index in [9.17, 15) is 0 Å². The molecule has 0 aromatic heterocycles. The lowest BCUT2D eigenvalue weighted by molar-refractivity contribution is 0.414. The second-order valence-corrected chi connectivity index (χ2v) is 5.19. The third kappa shape index (κ3) is 2.57. The van der Waals surface area contributed by atoms with Gasteiger partial charge < -0.3 is 15.4 Å². The van der Waals surface area contributed by atoms with Crippen molar-refractivity contribution in [1.82, 2.24) is 0 Å². The summed E-state index contributed by atoms with van der Waals surface area (Å²) in [4.78, 5) is 6.49. The predicted molar refractivity (Wildman–Crippen MR) is 85.9 cm³/mol. The van der Waals surface area contributed by atoms with E-state index >= 15 is 0 Å². The van der Waals surface area contributed by atoms with Gasteiger partial charge in [0, 0.05) is 5.69 Å². The summed E-state index contributed by atoms with van der Waals surface area (Å²) in [6, 6.07) is 16.6. The minimum Gasteiger partial charge on any atom is -0.497 e. The maximum atomic E-state index is 6.08. The van der Waals surface area contributed by atoms with Gasteiger partial charge in [-0.1, -0.05) is 29.8 Å². The topological polar surface area (TPSA) is 50.9 Å². The quantitative estimate of drug-likeness (QED) is 0.941. The Hall–Kier alpha value is -2.49. The van der Waals surface area contributed by atoms with Gasteiger partial charge in [0.2, 0.25) is 0 Å². The van der Waals surface area contributed by atoms with Crippen LogP contribution >= 0.6 is 0 Å². The zero-order valence-corrected chi connectivity index (χ0v) is 12.3. The first-order valence-electron chi connectivity index (χ1n) is 6.99. The molecule has 0 aliphatic carbocycles. The highest BCUT2D eigenvalue weighted by molar-refractivity contribution is 5.97. The largest absolute Gasteiger partial charge is 0.497 e. The van der Waals surface area contributed by atoms with Crippen LogP contribution in [0, 0.1) is 6.92 Å². The highest BCUT2D eigenvalue weighted by Crippen LogP contribution is 2.31.